The van der Waals surface area contributed by atoms with Crippen molar-refractivity contribution in [3.8, 4) is 11.5 Å². The van der Waals surface area contributed by atoms with Gasteiger partial charge in [0.2, 0.25) is 5.91 Å². The number of nitrogens with one attached hydrogen (secondary N) is 1. The van der Waals surface area contributed by atoms with Crippen LogP contribution in [0.4, 0.5) is 15.8 Å². The summed E-state index contributed by atoms with van der Waals surface area (Å²) in [6.07, 6.45) is 0. The molecule has 31 heavy (non-hydrogen) atoms. The van der Waals surface area contributed by atoms with Gasteiger partial charge >= 0.3 is 0 Å². The van der Waals surface area contributed by atoms with Gasteiger partial charge in [0.25, 0.3) is 11.8 Å². The normalized spacial score (nSPS) is 21.5. The maximum atomic E-state index is 13.2. The first-order valence-electron chi connectivity index (χ1n) is 9.51. The fourth-order valence-corrected chi connectivity index (χ4v) is 3.67. The zero-order chi connectivity index (χ0) is 21.5. The van der Waals surface area contributed by atoms with Gasteiger partial charge in [0.15, 0.2) is 23.6 Å². The van der Waals surface area contributed by atoms with Crippen LogP contribution in [0, 0.1) is 5.82 Å². The Balaban J connectivity index is 1.28. The van der Waals surface area contributed by atoms with Gasteiger partial charge in [-0.25, -0.2) is 9.29 Å². The summed E-state index contributed by atoms with van der Waals surface area (Å²) in [7, 11) is 0. The smallest absolute Gasteiger partial charge is 0.263 e. The average Bonchev–Trinajstić information content (AvgIpc) is 3.28. The van der Waals surface area contributed by atoms with Crippen LogP contribution >= 0.6 is 0 Å². The molecule has 1 saturated heterocycles. The van der Waals surface area contributed by atoms with Gasteiger partial charge in [0.05, 0.1) is 5.69 Å². The number of rotatable bonds is 4. The van der Waals surface area contributed by atoms with E-state index in [-0.39, 0.29) is 12.2 Å². The largest absolute Gasteiger partial charge is 0.486 e. The van der Waals surface area contributed by atoms with E-state index in [1.807, 2.05) is 0 Å². The first-order chi connectivity index (χ1) is 15.0. The molecule has 0 saturated carbocycles. The van der Waals surface area contributed by atoms with Gasteiger partial charge in [-0.3, -0.25) is 19.4 Å². The molecule has 158 valence electrons. The third-order valence-electron chi connectivity index (χ3n) is 5.07. The summed E-state index contributed by atoms with van der Waals surface area (Å²) in [5.74, 6) is -0.955. The predicted octanol–water partition coefficient (Wildman–Crippen LogP) is 1.53. The minimum absolute atomic E-state index is 0.238. The van der Waals surface area contributed by atoms with E-state index in [9.17, 15) is 18.8 Å². The zero-order valence-corrected chi connectivity index (χ0v) is 16.0. The monoisotopic (exact) mass is 425 g/mol. The minimum Gasteiger partial charge on any atom is -0.486 e. The van der Waals surface area contributed by atoms with Crippen molar-refractivity contribution in [1.29, 1.82) is 0 Å². The number of amides is 3. The molecule has 0 bridgehead atoms. The van der Waals surface area contributed by atoms with Gasteiger partial charge in [-0.1, -0.05) is 5.22 Å². The van der Waals surface area contributed by atoms with Crippen LogP contribution < -0.4 is 19.7 Å². The number of hydrogen-bond acceptors (Lipinski definition) is 8. The van der Waals surface area contributed by atoms with E-state index in [1.165, 1.54) is 17.1 Å². The summed E-state index contributed by atoms with van der Waals surface area (Å²) in [4.78, 5) is 39.0. The molecule has 2 atom stereocenters. The van der Waals surface area contributed by atoms with Crippen molar-refractivity contribution >= 4 is 29.1 Å². The van der Waals surface area contributed by atoms with Crippen molar-refractivity contribution in [3.63, 3.8) is 0 Å². The van der Waals surface area contributed by atoms with Crippen LogP contribution in [0.3, 0.4) is 0 Å². The lowest BCUT2D eigenvalue weighted by Crippen LogP contribution is -2.43. The topological polar surface area (TPSA) is 113 Å². The Labute approximate surface area is 175 Å². The van der Waals surface area contributed by atoms with Crippen molar-refractivity contribution in [2.75, 3.05) is 30.0 Å². The second-order valence-corrected chi connectivity index (χ2v) is 7.09. The van der Waals surface area contributed by atoms with E-state index < -0.39 is 35.6 Å². The Morgan fingerprint density at radius 3 is 2.58 bits per heavy atom. The SMILES string of the molecule is O=C(CN1N=N[C@@H]2C(=O)N(c3ccc(F)cc3)C(=O)[C@@H]21)Nc1ccc2c(c1)OCCO2. The molecule has 0 aliphatic carbocycles. The number of benzene rings is 2. The molecule has 1 fully saturated rings. The highest BCUT2D eigenvalue weighted by Crippen LogP contribution is 2.33. The number of hydrogen-bond donors (Lipinski definition) is 1. The van der Waals surface area contributed by atoms with Gasteiger partial charge in [-0.05, 0) is 36.4 Å². The molecule has 5 rings (SSSR count). The lowest BCUT2D eigenvalue weighted by Gasteiger charge is -2.21. The van der Waals surface area contributed by atoms with Crippen molar-refractivity contribution in [2.45, 2.75) is 12.1 Å². The van der Waals surface area contributed by atoms with Crippen molar-refractivity contribution in [1.82, 2.24) is 5.01 Å². The van der Waals surface area contributed by atoms with Crippen LogP contribution in [0.25, 0.3) is 0 Å². The number of carbonyl (C=O) groups is 3. The maximum absolute atomic E-state index is 13.2. The number of halogens is 1. The molecule has 3 heterocycles. The molecule has 2 aromatic rings. The zero-order valence-electron chi connectivity index (χ0n) is 16.0. The summed E-state index contributed by atoms with van der Waals surface area (Å²) >= 11 is 0. The number of nitrogens with zero attached hydrogens (tertiary/aromatic N) is 4. The fraction of sp³-hybridized carbons (Fsp3) is 0.250. The van der Waals surface area contributed by atoms with E-state index in [1.54, 1.807) is 18.2 Å². The predicted molar refractivity (Wildman–Crippen MR) is 104 cm³/mol. The van der Waals surface area contributed by atoms with Crippen molar-refractivity contribution in [3.05, 3.63) is 48.3 Å². The summed E-state index contributed by atoms with van der Waals surface area (Å²) in [5.41, 5.74) is 0.727. The van der Waals surface area contributed by atoms with E-state index >= 15 is 0 Å². The fourth-order valence-electron chi connectivity index (χ4n) is 3.67. The first kappa shape index (κ1) is 19.0. The lowest BCUT2D eigenvalue weighted by atomic mass is 10.1. The molecule has 3 aliphatic heterocycles. The Morgan fingerprint density at radius 2 is 1.81 bits per heavy atom. The number of fused-ring (bicyclic) bond motifs is 2. The minimum atomic E-state index is -1.04. The van der Waals surface area contributed by atoms with Crippen LogP contribution in [0.1, 0.15) is 0 Å². The summed E-state index contributed by atoms with van der Waals surface area (Å²) < 4.78 is 24.1. The molecule has 0 aromatic heterocycles. The quantitative estimate of drug-likeness (QED) is 0.744. The first-order valence-corrected chi connectivity index (χ1v) is 9.51. The molecule has 3 amide bonds. The standard InChI is InChI=1S/C20H16FN5O5/c21-11-1-4-13(5-2-11)26-19(28)17-18(20(26)29)25(24-23-17)10-16(27)22-12-3-6-14-15(9-12)31-8-7-30-14/h1-6,9,17-18H,7-8,10H2,(H,22,27)/t17-,18+/m0/s1. The second kappa shape index (κ2) is 7.35. The van der Waals surface area contributed by atoms with Crippen LogP contribution in [-0.4, -0.2) is 54.6 Å². The molecule has 2 aromatic carbocycles. The van der Waals surface area contributed by atoms with Crippen molar-refractivity contribution in [2.24, 2.45) is 10.3 Å². The molecule has 3 aliphatic rings. The Kier molecular flexibility index (Phi) is 4.50. The third kappa shape index (κ3) is 3.33. The summed E-state index contributed by atoms with van der Waals surface area (Å²) in [5, 5.41) is 11.6. The van der Waals surface area contributed by atoms with Crippen LogP contribution in [0.2, 0.25) is 0 Å². The summed E-state index contributed by atoms with van der Waals surface area (Å²) in [6.45, 7) is 0.598. The van der Waals surface area contributed by atoms with Crippen LogP contribution in [0.15, 0.2) is 52.8 Å². The molecule has 10 nitrogen and oxygen atoms in total. The molecule has 0 radical (unpaired) electrons. The molecular weight excluding hydrogens is 409 g/mol. The Bertz CT molecular complexity index is 1110. The molecule has 0 spiro atoms. The highest BCUT2D eigenvalue weighted by molar-refractivity contribution is 6.25. The number of anilines is 2. The van der Waals surface area contributed by atoms with Gasteiger partial charge < -0.3 is 14.8 Å². The average molecular weight is 425 g/mol. The van der Waals surface area contributed by atoms with Gasteiger partial charge in [0, 0.05) is 11.8 Å². The lowest BCUT2D eigenvalue weighted by molar-refractivity contribution is -0.123. The molecular formula is C20H16FN5O5. The van der Waals surface area contributed by atoms with E-state index in [0.717, 1.165) is 17.0 Å². The van der Waals surface area contributed by atoms with Crippen molar-refractivity contribution < 1.29 is 28.2 Å². The van der Waals surface area contributed by atoms with Gasteiger partial charge in [-0.2, -0.15) is 5.11 Å². The maximum Gasteiger partial charge on any atom is 0.263 e. The van der Waals surface area contributed by atoms with Gasteiger partial charge in [-0.15, -0.1) is 0 Å². The van der Waals surface area contributed by atoms with Crippen LogP contribution in [-0.2, 0) is 14.4 Å². The molecule has 0 unspecified atom stereocenters. The van der Waals surface area contributed by atoms with E-state index in [0.29, 0.717) is 30.4 Å². The van der Waals surface area contributed by atoms with E-state index in [2.05, 4.69) is 15.7 Å². The highest BCUT2D eigenvalue weighted by Gasteiger charge is 2.55. The number of carbonyl (C=O) groups excluding carboxylic acids is 3. The number of ether oxygens (including phenoxy) is 2. The van der Waals surface area contributed by atoms with E-state index in [4.69, 9.17) is 9.47 Å². The van der Waals surface area contributed by atoms with Crippen LogP contribution in [0.5, 0.6) is 11.5 Å². The number of imide groups is 1. The summed E-state index contributed by atoms with van der Waals surface area (Å²) in [6, 6.07) is 7.92. The highest BCUT2D eigenvalue weighted by atomic mass is 19.1. The molecule has 1 N–H and O–H groups in total. The third-order valence-corrected chi connectivity index (χ3v) is 5.07. The molecule has 11 heteroatoms. The van der Waals surface area contributed by atoms with Gasteiger partial charge in [0.1, 0.15) is 25.6 Å². The Hall–Kier alpha value is -4.02. The Morgan fingerprint density at radius 1 is 1.06 bits per heavy atom. The second-order valence-electron chi connectivity index (χ2n) is 7.09.